The van der Waals surface area contributed by atoms with Crippen LogP contribution in [0.2, 0.25) is 0 Å². The normalized spacial score (nSPS) is 18.2. The number of ether oxygens (including phenoxy) is 1. The fourth-order valence-corrected chi connectivity index (χ4v) is 3.58. The summed E-state index contributed by atoms with van der Waals surface area (Å²) in [6.45, 7) is 2.38. The van der Waals surface area contributed by atoms with E-state index in [-0.39, 0.29) is 11.3 Å². The maximum Gasteiger partial charge on any atom is 0.295 e. The van der Waals surface area contributed by atoms with Gasteiger partial charge in [0.15, 0.2) is 0 Å². The minimum atomic E-state index is -0.666. The summed E-state index contributed by atoms with van der Waals surface area (Å²) < 4.78 is 5.22. The van der Waals surface area contributed by atoms with Crippen molar-refractivity contribution in [3.05, 3.63) is 65.2 Å². The van der Waals surface area contributed by atoms with Crippen LogP contribution in [0.1, 0.15) is 30.5 Å². The smallest absolute Gasteiger partial charge is 0.295 e. The molecule has 1 amide bonds. The number of anilines is 1. The van der Waals surface area contributed by atoms with Gasteiger partial charge in [0.2, 0.25) is 0 Å². The number of hydrogen-bond acceptors (Lipinski definition) is 5. The third-order valence-electron chi connectivity index (χ3n) is 5.07. The van der Waals surface area contributed by atoms with E-state index in [9.17, 15) is 14.7 Å². The summed E-state index contributed by atoms with van der Waals surface area (Å²) in [5.74, 6) is -0.885. The minimum absolute atomic E-state index is 0.106. The van der Waals surface area contributed by atoms with Gasteiger partial charge in [-0.2, -0.15) is 0 Å². The van der Waals surface area contributed by atoms with Crippen LogP contribution in [0.4, 0.5) is 5.69 Å². The molecule has 1 saturated heterocycles. The van der Waals surface area contributed by atoms with Crippen molar-refractivity contribution in [1.29, 1.82) is 0 Å². The van der Waals surface area contributed by atoms with E-state index < -0.39 is 17.7 Å². The van der Waals surface area contributed by atoms with Crippen LogP contribution in [-0.2, 0) is 9.59 Å². The molecule has 0 aromatic heterocycles. The molecule has 3 rings (SSSR count). The summed E-state index contributed by atoms with van der Waals surface area (Å²) >= 11 is 0. The van der Waals surface area contributed by atoms with Gasteiger partial charge in [-0.1, -0.05) is 31.2 Å². The maximum absolute atomic E-state index is 12.9. The summed E-state index contributed by atoms with van der Waals surface area (Å²) in [4.78, 5) is 29.1. The van der Waals surface area contributed by atoms with Crippen LogP contribution in [0, 0.1) is 0 Å². The lowest BCUT2D eigenvalue weighted by molar-refractivity contribution is -0.139. The molecule has 6 heteroatoms. The quantitative estimate of drug-likeness (QED) is 0.461. The first-order chi connectivity index (χ1) is 13.9. The molecule has 2 aromatic carbocycles. The molecular formula is C23H26N2O4. The summed E-state index contributed by atoms with van der Waals surface area (Å²) in [6.07, 6.45) is 0.707. The molecular weight excluding hydrogens is 368 g/mol. The molecule has 29 heavy (non-hydrogen) atoms. The van der Waals surface area contributed by atoms with Gasteiger partial charge in [-0.15, -0.1) is 0 Å². The summed E-state index contributed by atoms with van der Waals surface area (Å²) in [5.41, 5.74) is 2.34. The monoisotopic (exact) mass is 394 g/mol. The van der Waals surface area contributed by atoms with Crippen LogP contribution < -0.4 is 9.64 Å². The van der Waals surface area contributed by atoms with E-state index in [2.05, 4.69) is 0 Å². The summed E-state index contributed by atoms with van der Waals surface area (Å²) in [7, 11) is 5.42. The SMILES string of the molecule is CCCN1C(=O)C(=O)/C(=C(\O)c2cccc(OC)c2)C1c1ccc(N(C)C)cc1. The fourth-order valence-electron chi connectivity index (χ4n) is 3.58. The van der Waals surface area contributed by atoms with E-state index in [0.717, 1.165) is 11.3 Å². The zero-order valence-electron chi connectivity index (χ0n) is 17.2. The van der Waals surface area contributed by atoms with Crippen LogP contribution in [0.25, 0.3) is 5.76 Å². The molecule has 0 aliphatic carbocycles. The van der Waals surface area contributed by atoms with E-state index in [1.165, 1.54) is 7.11 Å². The highest BCUT2D eigenvalue weighted by atomic mass is 16.5. The van der Waals surface area contributed by atoms with Gasteiger partial charge in [-0.25, -0.2) is 0 Å². The number of aliphatic hydroxyl groups is 1. The molecule has 0 spiro atoms. The molecule has 1 fully saturated rings. The lowest BCUT2D eigenvalue weighted by Gasteiger charge is -2.25. The Labute approximate surface area is 171 Å². The standard InChI is InChI=1S/C23H26N2O4/c1-5-13-25-20(15-9-11-17(12-10-15)24(2)3)19(22(27)23(25)28)21(26)16-7-6-8-18(14-16)29-4/h6-12,14,20,26H,5,13H2,1-4H3/b21-19-. The van der Waals surface area contributed by atoms with Gasteiger partial charge in [0.05, 0.1) is 18.7 Å². The Balaban J connectivity index is 2.15. The van der Waals surface area contributed by atoms with Gasteiger partial charge < -0.3 is 19.6 Å². The van der Waals surface area contributed by atoms with Gasteiger partial charge in [-0.05, 0) is 36.2 Å². The Kier molecular flexibility index (Phi) is 5.92. The molecule has 152 valence electrons. The van der Waals surface area contributed by atoms with Gasteiger partial charge in [0, 0.05) is 31.9 Å². The molecule has 0 bridgehead atoms. The van der Waals surface area contributed by atoms with E-state index in [4.69, 9.17) is 4.74 Å². The number of aliphatic hydroxyl groups excluding tert-OH is 1. The highest BCUT2D eigenvalue weighted by Crippen LogP contribution is 2.40. The number of likely N-dealkylation sites (tertiary alicyclic amines) is 1. The number of ketones is 1. The molecule has 1 aliphatic heterocycles. The number of carbonyl (C=O) groups excluding carboxylic acids is 2. The predicted molar refractivity (Wildman–Crippen MR) is 113 cm³/mol. The van der Waals surface area contributed by atoms with Gasteiger partial charge in [0.25, 0.3) is 11.7 Å². The van der Waals surface area contributed by atoms with Crippen molar-refractivity contribution in [2.75, 3.05) is 32.6 Å². The molecule has 1 aliphatic rings. The van der Waals surface area contributed by atoms with Gasteiger partial charge >= 0.3 is 0 Å². The zero-order valence-corrected chi connectivity index (χ0v) is 17.2. The van der Waals surface area contributed by atoms with Crippen molar-refractivity contribution in [2.24, 2.45) is 0 Å². The highest BCUT2D eigenvalue weighted by molar-refractivity contribution is 6.46. The minimum Gasteiger partial charge on any atom is -0.507 e. The first-order valence-corrected chi connectivity index (χ1v) is 9.59. The van der Waals surface area contributed by atoms with Gasteiger partial charge in [0.1, 0.15) is 11.5 Å². The molecule has 2 aromatic rings. The van der Waals surface area contributed by atoms with Crippen molar-refractivity contribution >= 4 is 23.1 Å². The van der Waals surface area contributed by atoms with E-state index in [0.29, 0.717) is 24.3 Å². The second-order valence-electron chi connectivity index (χ2n) is 7.21. The number of methoxy groups -OCH3 is 1. The Bertz CT molecular complexity index is 948. The Morgan fingerprint density at radius 2 is 1.83 bits per heavy atom. The second kappa shape index (κ2) is 8.39. The molecule has 0 saturated carbocycles. The predicted octanol–water partition coefficient (Wildman–Crippen LogP) is 3.59. The van der Waals surface area contributed by atoms with Crippen molar-refractivity contribution in [3.8, 4) is 5.75 Å². The number of Topliss-reactive ketones (excluding diaryl/α,β-unsaturated/α-hetero) is 1. The van der Waals surface area contributed by atoms with Crippen molar-refractivity contribution in [3.63, 3.8) is 0 Å². The summed E-state index contributed by atoms with van der Waals surface area (Å²) in [6, 6.07) is 13.9. The molecule has 0 radical (unpaired) electrons. The molecule has 1 unspecified atom stereocenters. The van der Waals surface area contributed by atoms with Crippen LogP contribution >= 0.6 is 0 Å². The van der Waals surface area contributed by atoms with Crippen LogP contribution in [0.5, 0.6) is 5.75 Å². The number of rotatable bonds is 6. The van der Waals surface area contributed by atoms with Crippen LogP contribution in [-0.4, -0.2) is 49.4 Å². The van der Waals surface area contributed by atoms with Crippen LogP contribution in [0.3, 0.4) is 0 Å². The number of carbonyl (C=O) groups is 2. The third kappa shape index (κ3) is 3.83. The topological polar surface area (TPSA) is 70.1 Å². The number of amides is 1. The third-order valence-corrected chi connectivity index (χ3v) is 5.07. The fraction of sp³-hybridized carbons (Fsp3) is 0.304. The number of hydrogen-bond donors (Lipinski definition) is 1. The zero-order chi connectivity index (χ0) is 21.1. The average Bonchev–Trinajstić information content (AvgIpc) is 2.98. The van der Waals surface area contributed by atoms with Crippen molar-refractivity contribution < 1.29 is 19.4 Å². The number of nitrogens with zero attached hydrogens (tertiary/aromatic N) is 2. The first-order valence-electron chi connectivity index (χ1n) is 9.59. The van der Waals surface area contributed by atoms with Crippen LogP contribution in [0.15, 0.2) is 54.1 Å². The lowest BCUT2D eigenvalue weighted by Crippen LogP contribution is -2.30. The van der Waals surface area contributed by atoms with Gasteiger partial charge in [-0.3, -0.25) is 9.59 Å². The van der Waals surface area contributed by atoms with E-state index >= 15 is 0 Å². The molecule has 1 heterocycles. The maximum atomic E-state index is 12.9. The molecule has 1 N–H and O–H groups in total. The first kappa shape index (κ1) is 20.5. The Morgan fingerprint density at radius 3 is 2.41 bits per heavy atom. The molecule has 1 atom stereocenters. The second-order valence-corrected chi connectivity index (χ2v) is 7.21. The highest BCUT2D eigenvalue weighted by Gasteiger charge is 2.45. The van der Waals surface area contributed by atoms with E-state index in [1.807, 2.05) is 50.2 Å². The Hall–Kier alpha value is -3.28. The average molecular weight is 394 g/mol. The van der Waals surface area contributed by atoms with Crippen molar-refractivity contribution in [1.82, 2.24) is 4.90 Å². The number of benzene rings is 2. The summed E-state index contributed by atoms with van der Waals surface area (Å²) in [5, 5.41) is 11.0. The largest absolute Gasteiger partial charge is 0.507 e. The molecule has 6 nitrogen and oxygen atoms in total. The lowest BCUT2D eigenvalue weighted by atomic mass is 9.95. The Morgan fingerprint density at radius 1 is 1.14 bits per heavy atom. The van der Waals surface area contributed by atoms with Crippen molar-refractivity contribution in [2.45, 2.75) is 19.4 Å². The van der Waals surface area contributed by atoms with E-state index in [1.54, 1.807) is 29.2 Å².